The molecule has 0 bridgehead atoms. The largest absolute Gasteiger partial charge is 0.493 e. The first-order valence-electron chi connectivity index (χ1n) is 5.23. The fourth-order valence-electron chi connectivity index (χ4n) is 1.37. The van der Waals surface area contributed by atoms with Gasteiger partial charge in [-0.1, -0.05) is 0 Å². The molecule has 0 heterocycles. The van der Waals surface area contributed by atoms with Crippen LogP contribution < -0.4 is 10.1 Å². The Morgan fingerprint density at radius 3 is 2.61 bits per heavy atom. The molecule has 100 valence electrons. The Kier molecular flexibility index (Phi) is 4.98. The lowest BCUT2D eigenvalue weighted by molar-refractivity contribution is -0.121. The van der Waals surface area contributed by atoms with Crippen LogP contribution in [0.3, 0.4) is 0 Å². The summed E-state index contributed by atoms with van der Waals surface area (Å²) < 4.78 is 27.7. The Morgan fingerprint density at radius 1 is 1.44 bits per heavy atom. The monoisotopic (exact) mass is 291 g/mol. The summed E-state index contributed by atoms with van der Waals surface area (Å²) in [5.41, 5.74) is 0.502. The second-order valence-electron chi connectivity index (χ2n) is 3.64. The number of amides is 1. The molecule has 0 aliphatic rings. The molecule has 0 fully saturated rings. The zero-order chi connectivity index (χ0) is 13.8. The van der Waals surface area contributed by atoms with Crippen molar-refractivity contribution in [1.82, 2.24) is 5.32 Å². The van der Waals surface area contributed by atoms with E-state index in [1.807, 2.05) is 0 Å². The summed E-state index contributed by atoms with van der Waals surface area (Å²) in [6.07, 6.45) is 0.241. The molecule has 18 heavy (non-hydrogen) atoms. The van der Waals surface area contributed by atoms with Crippen molar-refractivity contribution < 1.29 is 17.9 Å². The van der Waals surface area contributed by atoms with Crippen molar-refractivity contribution in [3.05, 3.63) is 23.8 Å². The highest BCUT2D eigenvalue weighted by Gasteiger charge is 2.13. The highest BCUT2D eigenvalue weighted by Crippen LogP contribution is 2.23. The molecule has 0 unspecified atom stereocenters. The molecule has 7 heteroatoms. The van der Waals surface area contributed by atoms with Crippen LogP contribution in [0.4, 0.5) is 0 Å². The number of hydrogen-bond acceptors (Lipinski definition) is 4. The lowest BCUT2D eigenvalue weighted by Gasteiger charge is -2.08. The van der Waals surface area contributed by atoms with Gasteiger partial charge in [-0.25, -0.2) is 8.42 Å². The molecule has 0 atom stereocenters. The van der Waals surface area contributed by atoms with Gasteiger partial charge in [0.2, 0.25) is 5.91 Å². The standard InChI is InChI=1S/C11H14ClNO4S/c1-8-7-9(17-6-5-11(14)13-2)3-4-10(8)18(12,15)16/h3-4,7H,5-6H2,1-2H3,(H,13,14). The summed E-state index contributed by atoms with van der Waals surface area (Å²) in [7, 11) is 3.07. The number of nitrogens with one attached hydrogen (secondary N) is 1. The third kappa shape index (κ3) is 4.19. The molecule has 0 saturated carbocycles. The second-order valence-corrected chi connectivity index (χ2v) is 6.17. The lowest BCUT2D eigenvalue weighted by Crippen LogP contribution is -2.20. The van der Waals surface area contributed by atoms with Crippen LogP contribution in [0.5, 0.6) is 5.75 Å². The van der Waals surface area contributed by atoms with Gasteiger partial charge in [-0.3, -0.25) is 4.79 Å². The van der Waals surface area contributed by atoms with Crippen molar-refractivity contribution >= 4 is 25.6 Å². The number of rotatable bonds is 5. The molecule has 1 amide bonds. The molecular weight excluding hydrogens is 278 g/mol. The molecule has 5 nitrogen and oxygen atoms in total. The van der Waals surface area contributed by atoms with Crippen LogP contribution in [0.25, 0.3) is 0 Å². The zero-order valence-electron chi connectivity index (χ0n) is 10.1. The van der Waals surface area contributed by atoms with Crippen molar-refractivity contribution in [3.63, 3.8) is 0 Å². The summed E-state index contributed by atoms with van der Waals surface area (Å²) in [5.74, 6) is 0.382. The maximum atomic E-state index is 11.2. The fraction of sp³-hybridized carbons (Fsp3) is 0.364. The van der Waals surface area contributed by atoms with Crippen LogP contribution in [-0.4, -0.2) is 28.0 Å². The number of carbonyl (C=O) groups excluding carboxylic acids is 1. The van der Waals surface area contributed by atoms with E-state index in [0.29, 0.717) is 11.3 Å². The molecule has 0 aliphatic carbocycles. The van der Waals surface area contributed by atoms with Crippen LogP contribution in [0.15, 0.2) is 23.1 Å². The molecule has 1 aromatic rings. The predicted molar refractivity (Wildman–Crippen MR) is 68.4 cm³/mol. The first-order valence-corrected chi connectivity index (χ1v) is 7.54. The number of aryl methyl sites for hydroxylation is 1. The maximum absolute atomic E-state index is 11.2. The average molecular weight is 292 g/mol. The van der Waals surface area contributed by atoms with Gasteiger partial charge in [0.15, 0.2) is 0 Å². The number of ether oxygens (including phenoxy) is 1. The molecule has 0 aliphatic heterocycles. The minimum absolute atomic E-state index is 0.0582. The van der Waals surface area contributed by atoms with E-state index in [1.54, 1.807) is 20.0 Å². The molecule has 0 radical (unpaired) electrons. The summed E-state index contributed by atoms with van der Waals surface area (Å²) in [4.78, 5) is 11.0. The highest BCUT2D eigenvalue weighted by atomic mass is 35.7. The summed E-state index contributed by atoms with van der Waals surface area (Å²) in [5, 5.41) is 2.48. The Bertz CT molecular complexity index is 542. The SMILES string of the molecule is CNC(=O)CCOc1ccc(S(=O)(=O)Cl)c(C)c1. The van der Waals surface area contributed by atoms with Gasteiger partial charge in [0.25, 0.3) is 9.05 Å². The van der Waals surface area contributed by atoms with E-state index in [9.17, 15) is 13.2 Å². The molecular formula is C11H14ClNO4S. The van der Waals surface area contributed by atoms with Crippen molar-refractivity contribution in [2.75, 3.05) is 13.7 Å². The molecule has 0 aromatic heterocycles. The quantitative estimate of drug-likeness (QED) is 0.833. The molecule has 0 saturated heterocycles. The van der Waals surface area contributed by atoms with E-state index in [4.69, 9.17) is 15.4 Å². The van der Waals surface area contributed by atoms with Gasteiger partial charge in [-0.15, -0.1) is 0 Å². The summed E-state index contributed by atoms with van der Waals surface area (Å²) >= 11 is 0. The summed E-state index contributed by atoms with van der Waals surface area (Å²) in [6.45, 7) is 1.85. The Hall–Kier alpha value is -1.27. The van der Waals surface area contributed by atoms with Crippen LogP contribution in [0.2, 0.25) is 0 Å². The molecule has 1 aromatic carbocycles. The first-order chi connectivity index (χ1) is 8.34. The van der Waals surface area contributed by atoms with Gasteiger partial charge < -0.3 is 10.1 Å². The third-order valence-electron chi connectivity index (χ3n) is 2.29. The van der Waals surface area contributed by atoms with Crippen LogP contribution in [-0.2, 0) is 13.8 Å². The van der Waals surface area contributed by atoms with Crippen LogP contribution in [0.1, 0.15) is 12.0 Å². The summed E-state index contributed by atoms with van der Waals surface area (Å²) in [6, 6.07) is 4.46. The number of benzene rings is 1. The number of halogens is 1. The average Bonchev–Trinajstić information content (AvgIpc) is 2.27. The van der Waals surface area contributed by atoms with Crippen LogP contribution in [0, 0.1) is 6.92 Å². The molecule has 0 spiro atoms. The maximum Gasteiger partial charge on any atom is 0.261 e. The van der Waals surface area contributed by atoms with Gasteiger partial charge >= 0.3 is 0 Å². The van der Waals surface area contributed by atoms with E-state index in [-0.39, 0.29) is 23.8 Å². The van der Waals surface area contributed by atoms with Crippen molar-refractivity contribution in [3.8, 4) is 5.75 Å². The van der Waals surface area contributed by atoms with Gasteiger partial charge in [0.05, 0.1) is 17.9 Å². The minimum atomic E-state index is -3.74. The number of hydrogen-bond donors (Lipinski definition) is 1. The minimum Gasteiger partial charge on any atom is -0.493 e. The van der Waals surface area contributed by atoms with E-state index >= 15 is 0 Å². The zero-order valence-corrected chi connectivity index (χ0v) is 11.6. The van der Waals surface area contributed by atoms with Gasteiger partial charge in [-0.2, -0.15) is 0 Å². The van der Waals surface area contributed by atoms with E-state index in [0.717, 1.165) is 0 Å². The Morgan fingerprint density at radius 2 is 2.11 bits per heavy atom. The predicted octanol–water partition coefficient (Wildman–Crippen LogP) is 1.44. The van der Waals surface area contributed by atoms with E-state index < -0.39 is 9.05 Å². The van der Waals surface area contributed by atoms with Crippen molar-refractivity contribution in [2.24, 2.45) is 0 Å². The van der Waals surface area contributed by atoms with Crippen LogP contribution >= 0.6 is 10.7 Å². The van der Waals surface area contributed by atoms with Gasteiger partial charge in [0, 0.05) is 17.7 Å². The van der Waals surface area contributed by atoms with E-state index in [2.05, 4.69) is 5.32 Å². The lowest BCUT2D eigenvalue weighted by atomic mass is 10.2. The molecule has 1 rings (SSSR count). The topological polar surface area (TPSA) is 72.5 Å². The van der Waals surface area contributed by atoms with Crippen molar-refractivity contribution in [2.45, 2.75) is 18.2 Å². The Balaban J connectivity index is 2.71. The Labute approximate surface area is 111 Å². The van der Waals surface area contributed by atoms with Gasteiger partial charge in [0.1, 0.15) is 5.75 Å². The molecule has 1 N–H and O–H groups in total. The smallest absolute Gasteiger partial charge is 0.261 e. The normalized spacial score (nSPS) is 11.1. The van der Waals surface area contributed by atoms with Crippen molar-refractivity contribution in [1.29, 1.82) is 0 Å². The van der Waals surface area contributed by atoms with Gasteiger partial charge in [-0.05, 0) is 30.7 Å². The number of carbonyl (C=O) groups is 1. The highest BCUT2D eigenvalue weighted by molar-refractivity contribution is 8.13. The fourth-order valence-corrected chi connectivity index (χ4v) is 2.57. The first kappa shape index (κ1) is 14.8. The second kappa shape index (κ2) is 6.06. The third-order valence-corrected chi connectivity index (χ3v) is 3.77. The van der Waals surface area contributed by atoms with E-state index in [1.165, 1.54) is 12.1 Å².